The van der Waals surface area contributed by atoms with Crippen molar-refractivity contribution in [3.63, 3.8) is 0 Å². The molecular weight excluding hydrogens is 557 g/mol. The zero-order valence-electron chi connectivity index (χ0n) is 22.8. The monoisotopic (exact) mass is 582 g/mol. The van der Waals surface area contributed by atoms with Crippen molar-refractivity contribution in [1.82, 2.24) is 15.0 Å². The molecule has 8 nitrogen and oxygen atoms in total. The fraction of sp³-hybridized carbons (Fsp3) is 0.0938. The van der Waals surface area contributed by atoms with Crippen LogP contribution in [0.2, 0.25) is 0 Å². The predicted molar refractivity (Wildman–Crippen MR) is 156 cm³/mol. The lowest BCUT2D eigenvalue weighted by molar-refractivity contribution is -0.821. The van der Waals surface area contributed by atoms with E-state index in [0.717, 1.165) is 17.7 Å². The smallest absolute Gasteiger partial charge is 0.255 e. The van der Waals surface area contributed by atoms with Gasteiger partial charge >= 0.3 is 0 Å². The van der Waals surface area contributed by atoms with E-state index in [1.54, 1.807) is 42.7 Å². The molecule has 0 aliphatic carbocycles. The molecule has 11 heteroatoms. The number of anilines is 2. The number of hydroxylamine groups is 2. The minimum Gasteiger partial charge on any atom is -0.629 e. The molecule has 0 spiro atoms. The Morgan fingerprint density at radius 2 is 1.79 bits per heavy atom. The summed E-state index contributed by atoms with van der Waals surface area (Å²) in [6.07, 6.45) is 6.15. The second-order valence-corrected chi connectivity index (χ2v) is 10.0. The average Bonchev–Trinajstić information content (AvgIpc) is 3.52. The van der Waals surface area contributed by atoms with Gasteiger partial charge in [0, 0.05) is 35.3 Å². The van der Waals surface area contributed by atoms with Crippen molar-refractivity contribution >= 4 is 23.5 Å². The number of quaternary nitrogens is 1. The average molecular weight is 583 g/mol. The van der Waals surface area contributed by atoms with E-state index in [1.807, 2.05) is 6.92 Å². The number of aryl methyl sites for hydroxylation is 1. The van der Waals surface area contributed by atoms with Gasteiger partial charge in [-0.15, -0.1) is 0 Å². The van der Waals surface area contributed by atoms with Gasteiger partial charge in [-0.1, -0.05) is 12.1 Å². The number of rotatable bonds is 7. The van der Waals surface area contributed by atoms with E-state index >= 15 is 8.78 Å². The molecule has 1 amide bonds. The van der Waals surface area contributed by atoms with E-state index < -0.39 is 34.5 Å². The maximum absolute atomic E-state index is 15.0. The highest BCUT2D eigenvalue weighted by Gasteiger charge is 2.34. The minimum atomic E-state index is -1.32. The summed E-state index contributed by atoms with van der Waals surface area (Å²) in [6, 6.07) is 14.5. The van der Waals surface area contributed by atoms with Crippen LogP contribution in [0.1, 0.15) is 44.6 Å². The Kier molecular flexibility index (Phi) is 7.49. The van der Waals surface area contributed by atoms with E-state index in [2.05, 4.69) is 25.6 Å². The molecule has 2 unspecified atom stereocenters. The van der Waals surface area contributed by atoms with Crippen LogP contribution in [0, 0.1) is 29.6 Å². The number of carbonyl (C=O) groups is 1. The van der Waals surface area contributed by atoms with Crippen LogP contribution in [0.25, 0.3) is 17.2 Å². The van der Waals surface area contributed by atoms with E-state index in [9.17, 15) is 14.4 Å². The van der Waals surface area contributed by atoms with Gasteiger partial charge in [0.25, 0.3) is 5.91 Å². The van der Waals surface area contributed by atoms with Crippen LogP contribution in [-0.4, -0.2) is 20.9 Å². The molecule has 0 bridgehead atoms. The number of halogens is 3. The van der Waals surface area contributed by atoms with Crippen molar-refractivity contribution in [2.45, 2.75) is 19.5 Å². The molecular formula is C32H25F3N6O2. The third kappa shape index (κ3) is 5.63. The summed E-state index contributed by atoms with van der Waals surface area (Å²) >= 11 is 0. The Balaban J connectivity index is 1.47. The van der Waals surface area contributed by atoms with Gasteiger partial charge in [0.05, 0.1) is 18.3 Å². The fourth-order valence-corrected chi connectivity index (χ4v) is 5.10. The second kappa shape index (κ2) is 11.6. The molecule has 0 fully saturated rings. The number of nitrogens with zero attached hydrogens (tertiary/aromatic N) is 2. The molecule has 1 aliphatic rings. The molecule has 43 heavy (non-hydrogen) atoms. The quantitative estimate of drug-likeness (QED) is 0.189. The number of aromatic nitrogens is 3. The summed E-state index contributed by atoms with van der Waals surface area (Å²) in [6.45, 7) is 2.13. The molecule has 3 aromatic carbocycles. The number of H-pyrrole nitrogens is 1. The van der Waals surface area contributed by atoms with E-state index in [-0.39, 0.29) is 17.8 Å². The van der Waals surface area contributed by atoms with Crippen LogP contribution in [0.4, 0.5) is 24.7 Å². The lowest BCUT2D eigenvalue weighted by Gasteiger charge is -2.33. The van der Waals surface area contributed by atoms with Gasteiger partial charge in [-0.3, -0.25) is 4.79 Å². The van der Waals surface area contributed by atoms with Gasteiger partial charge in [0.2, 0.25) is 0 Å². The molecule has 0 radical (unpaired) electrons. The summed E-state index contributed by atoms with van der Waals surface area (Å²) in [4.78, 5) is 25.0. The molecule has 216 valence electrons. The molecule has 0 saturated carbocycles. The molecule has 4 N–H and O–H groups in total. The number of hydrogen-bond acceptors (Lipinski definition) is 5. The maximum Gasteiger partial charge on any atom is 0.255 e. The number of pyridine rings is 1. The SMILES string of the molecule is Cc1ccc(C(=O)Nc2ccc(F)cc2)cc1-c1cc(NCc2ncc[nH]2)nc2c1C=C[NH+]([O-])C2c1c(F)cccc1F. The molecule has 2 aromatic heterocycles. The molecule has 3 heterocycles. The Hall–Kier alpha value is -5.26. The Morgan fingerprint density at radius 3 is 2.51 bits per heavy atom. The highest BCUT2D eigenvalue weighted by atomic mass is 19.1. The molecule has 2 atom stereocenters. The van der Waals surface area contributed by atoms with Crippen LogP contribution in [0.5, 0.6) is 0 Å². The number of fused-ring (bicyclic) bond motifs is 1. The lowest BCUT2D eigenvalue weighted by atomic mass is 9.88. The Labute approximate surface area is 244 Å². The zero-order chi connectivity index (χ0) is 30.1. The van der Waals surface area contributed by atoms with Gasteiger partial charge in [-0.25, -0.2) is 23.1 Å². The Morgan fingerprint density at radius 1 is 1.02 bits per heavy atom. The largest absolute Gasteiger partial charge is 0.629 e. The predicted octanol–water partition coefficient (Wildman–Crippen LogP) is 5.52. The first-order valence-corrected chi connectivity index (χ1v) is 13.4. The Bertz CT molecular complexity index is 1820. The van der Waals surface area contributed by atoms with E-state index in [4.69, 9.17) is 0 Å². The summed E-state index contributed by atoms with van der Waals surface area (Å²) in [5, 5.41) is 18.6. The molecule has 0 saturated heterocycles. The first-order chi connectivity index (χ1) is 20.8. The van der Waals surface area contributed by atoms with Crippen LogP contribution < -0.4 is 15.7 Å². The number of amides is 1. The summed E-state index contributed by atoms with van der Waals surface area (Å²) in [5.41, 5.74) is 3.10. The molecule has 5 aromatic rings. The van der Waals surface area contributed by atoms with Crippen LogP contribution >= 0.6 is 0 Å². The number of hydrogen-bond donors (Lipinski definition) is 4. The highest BCUT2D eigenvalue weighted by molar-refractivity contribution is 6.05. The van der Waals surface area contributed by atoms with Gasteiger partial charge in [-0.2, -0.15) is 0 Å². The standard InChI is InChI=1S/C32H25F3N6O2/c1-18-5-6-19(32(42)39-21-9-7-20(33)8-10-21)15-23(18)24-16-27(38-17-28-36-12-13-37-28)40-30-22(24)11-14-41(43)31(30)29-25(34)3-2-4-26(29)35/h2-16,31,41H,17H2,1H3,(H,36,37)(H,38,40)(H,39,42). The normalized spacial score (nSPS) is 15.7. The number of aromatic amines is 1. The molecule has 1 aliphatic heterocycles. The van der Waals surface area contributed by atoms with Crippen molar-refractivity contribution in [1.29, 1.82) is 0 Å². The number of carbonyl (C=O) groups excluding carboxylic acids is 1. The zero-order valence-corrected chi connectivity index (χ0v) is 22.8. The second-order valence-electron chi connectivity index (χ2n) is 10.0. The topological polar surface area (TPSA) is 110 Å². The van der Waals surface area contributed by atoms with Crippen molar-refractivity contribution in [3.8, 4) is 11.1 Å². The number of nitrogens with one attached hydrogen (secondary N) is 4. The summed E-state index contributed by atoms with van der Waals surface area (Å²) in [5.74, 6) is -1.57. The third-order valence-corrected chi connectivity index (χ3v) is 7.23. The van der Waals surface area contributed by atoms with Crippen molar-refractivity contribution in [3.05, 3.63) is 142 Å². The van der Waals surface area contributed by atoms with Crippen LogP contribution in [0.15, 0.2) is 85.3 Å². The van der Waals surface area contributed by atoms with Gasteiger partial charge in [-0.05, 0) is 78.2 Å². The lowest BCUT2D eigenvalue weighted by Crippen LogP contribution is -3.03. The maximum atomic E-state index is 15.0. The van der Waals surface area contributed by atoms with Crippen LogP contribution in [-0.2, 0) is 6.54 Å². The van der Waals surface area contributed by atoms with Crippen molar-refractivity contribution in [2.75, 3.05) is 10.6 Å². The van der Waals surface area contributed by atoms with Crippen molar-refractivity contribution < 1.29 is 23.0 Å². The van der Waals surface area contributed by atoms with Gasteiger partial charge < -0.3 is 25.9 Å². The van der Waals surface area contributed by atoms with Crippen molar-refractivity contribution in [2.24, 2.45) is 0 Å². The number of imidazole rings is 1. The fourth-order valence-electron chi connectivity index (χ4n) is 5.10. The van der Waals surface area contributed by atoms with E-state index in [0.29, 0.717) is 39.6 Å². The summed E-state index contributed by atoms with van der Waals surface area (Å²) < 4.78 is 43.4. The first-order valence-electron chi connectivity index (χ1n) is 13.4. The van der Waals surface area contributed by atoms with E-state index in [1.165, 1.54) is 36.5 Å². The highest BCUT2D eigenvalue weighted by Crippen LogP contribution is 2.37. The third-order valence-electron chi connectivity index (χ3n) is 7.23. The summed E-state index contributed by atoms with van der Waals surface area (Å²) in [7, 11) is 0. The molecule has 6 rings (SSSR count). The van der Waals surface area contributed by atoms with Crippen LogP contribution in [0.3, 0.4) is 0 Å². The van der Waals surface area contributed by atoms with Gasteiger partial charge in [0.15, 0.2) is 6.04 Å². The van der Waals surface area contributed by atoms with Gasteiger partial charge in [0.1, 0.15) is 34.8 Å². The number of benzene rings is 3. The minimum absolute atomic E-state index is 0.177. The first kappa shape index (κ1) is 27.9.